The third kappa shape index (κ3) is 3.76. The highest BCUT2D eigenvalue weighted by atomic mass is 79.9. The third-order valence-corrected chi connectivity index (χ3v) is 3.18. The van der Waals surface area contributed by atoms with E-state index in [0.29, 0.717) is 5.56 Å². The summed E-state index contributed by atoms with van der Waals surface area (Å²) in [5.74, 6) is -0.439. The second kappa shape index (κ2) is 4.45. The summed E-state index contributed by atoms with van der Waals surface area (Å²) < 4.78 is 15.8. The number of benzene rings is 1. The van der Waals surface area contributed by atoms with Gasteiger partial charge in [0, 0.05) is 32.3 Å². The van der Waals surface area contributed by atoms with Gasteiger partial charge in [0.15, 0.2) is 0 Å². The van der Waals surface area contributed by atoms with Crippen molar-refractivity contribution < 1.29 is 9.00 Å². The summed E-state index contributed by atoms with van der Waals surface area (Å²) in [4.78, 5) is 11.6. The van der Waals surface area contributed by atoms with Crippen LogP contribution in [0, 0.1) is 6.92 Å². The minimum Gasteiger partial charge on any atom is -0.266 e. The number of hydrogen-bond acceptors (Lipinski definition) is 2. The molecule has 82 valence electrons. The Labute approximate surface area is 98.2 Å². The van der Waals surface area contributed by atoms with Crippen molar-refractivity contribution in [3.05, 3.63) is 33.8 Å². The summed E-state index contributed by atoms with van der Waals surface area (Å²) in [6.07, 6.45) is 2.88. The second-order valence-corrected chi connectivity index (χ2v) is 6.94. The molecule has 0 saturated carbocycles. The van der Waals surface area contributed by atoms with Gasteiger partial charge < -0.3 is 0 Å². The van der Waals surface area contributed by atoms with Crippen LogP contribution < -0.4 is 0 Å². The molecular formula is C10H12BrNO2S. The monoisotopic (exact) mass is 289 g/mol. The van der Waals surface area contributed by atoms with Gasteiger partial charge in [0.2, 0.25) is 0 Å². The van der Waals surface area contributed by atoms with Crippen molar-refractivity contribution in [2.75, 3.05) is 12.5 Å². The zero-order valence-corrected chi connectivity index (χ0v) is 11.2. The molecule has 0 radical (unpaired) electrons. The molecule has 0 N–H and O–H groups in total. The molecule has 15 heavy (non-hydrogen) atoms. The van der Waals surface area contributed by atoms with Crippen LogP contribution in [0.3, 0.4) is 0 Å². The van der Waals surface area contributed by atoms with Gasteiger partial charge in [-0.05, 0) is 24.6 Å². The number of hydrogen-bond donors (Lipinski definition) is 0. The zero-order chi connectivity index (χ0) is 11.6. The molecule has 0 heterocycles. The van der Waals surface area contributed by atoms with Gasteiger partial charge in [0.1, 0.15) is 0 Å². The number of rotatable bonds is 1. The number of nitrogens with zero attached hydrogens (tertiary/aromatic N) is 1. The summed E-state index contributed by atoms with van der Waals surface area (Å²) in [5, 5.41) is 0. The molecule has 0 aliphatic rings. The van der Waals surface area contributed by atoms with Crippen LogP contribution in [0.2, 0.25) is 0 Å². The van der Waals surface area contributed by atoms with Crippen LogP contribution in [-0.4, -0.2) is 22.6 Å². The Kier molecular flexibility index (Phi) is 3.67. The maximum Gasteiger partial charge on any atom is 0.285 e. The summed E-state index contributed by atoms with van der Waals surface area (Å²) >= 11 is 3.33. The molecule has 1 amide bonds. The fourth-order valence-electron chi connectivity index (χ4n) is 0.978. The predicted molar refractivity (Wildman–Crippen MR) is 65.6 cm³/mol. The van der Waals surface area contributed by atoms with E-state index >= 15 is 0 Å². The fraction of sp³-hybridized carbons (Fsp3) is 0.300. The summed E-state index contributed by atoms with van der Waals surface area (Å²) in [5.41, 5.74) is 1.49. The van der Waals surface area contributed by atoms with E-state index in [1.165, 1.54) is 12.5 Å². The summed E-state index contributed by atoms with van der Waals surface area (Å²) in [7, 11) is -2.38. The largest absolute Gasteiger partial charge is 0.285 e. The van der Waals surface area contributed by atoms with E-state index in [9.17, 15) is 9.00 Å². The third-order valence-electron chi connectivity index (χ3n) is 1.72. The number of amides is 1. The molecule has 0 atom stereocenters. The quantitative estimate of drug-likeness (QED) is 0.798. The first-order chi connectivity index (χ1) is 6.79. The SMILES string of the molecule is Cc1ccc(C(=O)N=S(C)(C)=O)cc1Br. The Morgan fingerprint density at radius 2 is 2.00 bits per heavy atom. The number of halogens is 1. The van der Waals surface area contributed by atoms with Crippen LogP contribution in [0.25, 0.3) is 0 Å². The first kappa shape index (κ1) is 12.4. The molecule has 1 aromatic rings. The van der Waals surface area contributed by atoms with Gasteiger partial charge in [-0.3, -0.25) is 4.79 Å². The van der Waals surface area contributed by atoms with Gasteiger partial charge in [-0.2, -0.15) is 4.36 Å². The van der Waals surface area contributed by atoms with Crippen molar-refractivity contribution in [1.29, 1.82) is 0 Å². The smallest absolute Gasteiger partial charge is 0.266 e. The van der Waals surface area contributed by atoms with Gasteiger partial charge in [-0.15, -0.1) is 0 Å². The fourth-order valence-corrected chi connectivity index (χ4v) is 1.86. The van der Waals surface area contributed by atoms with E-state index in [2.05, 4.69) is 20.3 Å². The standard InChI is InChI=1S/C10H12BrNO2S/c1-7-4-5-8(6-9(7)11)10(13)12-15(2,3)14/h4-6H,1-3H3. The topological polar surface area (TPSA) is 46.5 Å². The molecule has 0 spiro atoms. The van der Waals surface area contributed by atoms with Crippen molar-refractivity contribution in [1.82, 2.24) is 0 Å². The average molecular weight is 290 g/mol. The Hall–Kier alpha value is -0.680. The average Bonchev–Trinajstić information content (AvgIpc) is 2.06. The van der Waals surface area contributed by atoms with Crippen molar-refractivity contribution in [2.24, 2.45) is 4.36 Å². The van der Waals surface area contributed by atoms with Crippen LogP contribution in [-0.2, 0) is 9.73 Å². The van der Waals surface area contributed by atoms with E-state index in [4.69, 9.17) is 0 Å². The van der Waals surface area contributed by atoms with Gasteiger partial charge in [-0.25, -0.2) is 4.21 Å². The number of carbonyl (C=O) groups excluding carboxylic acids is 1. The zero-order valence-electron chi connectivity index (χ0n) is 8.78. The predicted octanol–water partition coefficient (Wildman–Crippen LogP) is 2.63. The Balaban J connectivity index is 3.14. The maximum absolute atomic E-state index is 11.6. The van der Waals surface area contributed by atoms with Crippen LogP contribution >= 0.6 is 15.9 Å². The lowest BCUT2D eigenvalue weighted by atomic mass is 10.1. The van der Waals surface area contributed by atoms with E-state index < -0.39 is 15.6 Å². The summed E-state index contributed by atoms with van der Waals surface area (Å²) in [6, 6.07) is 5.18. The minimum atomic E-state index is -2.38. The van der Waals surface area contributed by atoms with E-state index in [0.717, 1.165) is 10.0 Å². The van der Waals surface area contributed by atoms with E-state index in [1.807, 2.05) is 13.0 Å². The molecule has 0 aliphatic carbocycles. The number of carbonyl (C=O) groups is 1. The van der Waals surface area contributed by atoms with E-state index in [1.54, 1.807) is 12.1 Å². The lowest BCUT2D eigenvalue weighted by Gasteiger charge is -2.00. The van der Waals surface area contributed by atoms with Crippen molar-refractivity contribution >= 4 is 31.6 Å². The Morgan fingerprint density at radius 3 is 2.47 bits per heavy atom. The second-order valence-electron chi connectivity index (χ2n) is 3.54. The first-order valence-electron chi connectivity index (χ1n) is 4.27. The lowest BCUT2D eigenvalue weighted by Crippen LogP contribution is -2.01. The molecule has 0 bridgehead atoms. The lowest BCUT2D eigenvalue weighted by molar-refractivity contribution is 0.100. The van der Waals surface area contributed by atoms with Crippen LogP contribution in [0.15, 0.2) is 27.0 Å². The molecule has 5 heteroatoms. The molecule has 1 rings (SSSR count). The normalized spacial score (nSPS) is 11.2. The molecule has 0 aliphatic heterocycles. The van der Waals surface area contributed by atoms with Gasteiger partial charge in [0.25, 0.3) is 5.91 Å². The molecule has 0 saturated heterocycles. The molecule has 0 fully saturated rings. The van der Waals surface area contributed by atoms with Gasteiger partial charge in [0.05, 0.1) is 0 Å². The van der Waals surface area contributed by atoms with Crippen molar-refractivity contribution in [3.63, 3.8) is 0 Å². The first-order valence-corrected chi connectivity index (χ1v) is 7.39. The van der Waals surface area contributed by atoms with Crippen LogP contribution in [0.1, 0.15) is 15.9 Å². The van der Waals surface area contributed by atoms with Gasteiger partial charge in [-0.1, -0.05) is 22.0 Å². The highest BCUT2D eigenvalue weighted by Gasteiger charge is 2.07. The highest BCUT2D eigenvalue weighted by molar-refractivity contribution is 9.10. The Morgan fingerprint density at radius 1 is 1.40 bits per heavy atom. The molecule has 3 nitrogen and oxygen atoms in total. The minimum absolute atomic E-state index is 0.439. The van der Waals surface area contributed by atoms with Crippen molar-refractivity contribution in [2.45, 2.75) is 6.92 Å². The summed E-state index contributed by atoms with van der Waals surface area (Å²) in [6.45, 7) is 1.93. The molecule has 1 aromatic carbocycles. The van der Waals surface area contributed by atoms with E-state index in [-0.39, 0.29) is 0 Å². The Bertz CT molecular complexity index is 508. The van der Waals surface area contributed by atoms with Crippen LogP contribution in [0.4, 0.5) is 0 Å². The number of aryl methyl sites for hydroxylation is 1. The molecule has 0 unspecified atom stereocenters. The molecular weight excluding hydrogens is 278 g/mol. The maximum atomic E-state index is 11.6. The van der Waals surface area contributed by atoms with Gasteiger partial charge >= 0.3 is 0 Å². The van der Waals surface area contributed by atoms with Crippen LogP contribution in [0.5, 0.6) is 0 Å². The van der Waals surface area contributed by atoms with Crippen molar-refractivity contribution in [3.8, 4) is 0 Å². The molecule has 0 aromatic heterocycles. The highest BCUT2D eigenvalue weighted by Crippen LogP contribution is 2.18.